The van der Waals surface area contributed by atoms with E-state index in [2.05, 4.69) is 15.1 Å². The lowest BCUT2D eigenvalue weighted by Gasteiger charge is -2.47. The minimum absolute atomic E-state index is 0.00670. The second-order valence-corrected chi connectivity index (χ2v) is 5.32. The van der Waals surface area contributed by atoms with E-state index in [0.717, 1.165) is 32.7 Å². The largest absolute Gasteiger partial charge is 0.394 e. The number of nitrogens with zero attached hydrogens (tertiary/aromatic N) is 3. The summed E-state index contributed by atoms with van der Waals surface area (Å²) in [5, 5.41) is 12.0. The van der Waals surface area contributed by atoms with Crippen molar-refractivity contribution in [1.82, 2.24) is 20.0 Å². The first-order valence-corrected chi connectivity index (χ1v) is 6.69. The Morgan fingerprint density at radius 2 is 2.11 bits per heavy atom. The highest BCUT2D eigenvalue weighted by atomic mass is 16.3. The van der Waals surface area contributed by atoms with E-state index in [0.29, 0.717) is 12.6 Å². The molecule has 3 saturated heterocycles. The highest BCUT2D eigenvalue weighted by molar-refractivity contribution is 5.74. The van der Waals surface area contributed by atoms with E-state index in [1.54, 1.807) is 11.9 Å². The number of carbonyl (C=O) groups excluding carboxylic acids is 1. The van der Waals surface area contributed by atoms with Crippen LogP contribution < -0.4 is 5.32 Å². The van der Waals surface area contributed by atoms with E-state index in [4.69, 9.17) is 5.11 Å². The van der Waals surface area contributed by atoms with Gasteiger partial charge < -0.3 is 15.3 Å². The first-order valence-electron chi connectivity index (χ1n) is 6.69. The summed E-state index contributed by atoms with van der Waals surface area (Å²) < 4.78 is 0. The van der Waals surface area contributed by atoms with Gasteiger partial charge in [-0.2, -0.15) is 0 Å². The third-order valence-corrected chi connectivity index (χ3v) is 4.13. The van der Waals surface area contributed by atoms with Crippen molar-refractivity contribution in [2.75, 3.05) is 52.9 Å². The molecule has 18 heavy (non-hydrogen) atoms. The Labute approximate surface area is 109 Å². The molecule has 3 rings (SSSR count). The third kappa shape index (κ3) is 2.93. The number of amides is 2. The zero-order chi connectivity index (χ0) is 13.1. The molecule has 0 aromatic rings. The molecule has 3 fully saturated rings. The average molecular weight is 256 g/mol. The van der Waals surface area contributed by atoms with Crippen LogP contribution in [-0.2, 0) is 0 Å². The Kier molecular flexibility index (Phi) is 4.42. The van der Waals surface area contributed by atoms with Crippen molar-refractivity contribution < 1.29 is 9.90 Å². The number of carbonyl (C=O) groups is 1. The van der Waals surface area contributed by atoms with Crippen LogP contribution in [0.1, 0.15) is 6.92 Å². The van der Waals surface area contributed by atoms with E-state index in [-0.39, 0.29) is 18.7 Å². The molecule has 2 unspecified atom stereocenters. The van der Waals surface area contributed by atoms with Crippen molar-refractivity contribution in [3.8, 4) is 0 Å². The van der Waals surface area contributed by atoms with Gasteiger partial charge in [-0.1, -0.05) is 0 Å². The molecule has 0 aromatic carbocycles. The maximum atomic E-state index is 11.9. The number of urea groups is 1. The summed E-state index contributed by atoms with van der Waals surface area (Å²) in [7, 11) is 1.72. The number of nitrogens with one attached hydrogen (secondary N) is 1. The zero-order valence-electron chi connectivity index (χ0n) is 11.3. The minimum Gasteiger partial charge on any atom is -0.394 e. The van der Waals surface area contributed by atoms with Gasteiger partial charge in [0.15, 0.2) is 0 Å². The van der Waals surface area contributed by atoms with E-state index in [1.165, 1.54) is 0 Å². The Hall–Kier alpha value is -0.850. The SMILES string of the molecule is CC(CO)N(C)C(=O)NCC1CN2CCN1CC2. The van der Waals surface area contributed by atoms with Crippen molar-refractivity contribution in [2.45, 2.75) is 19.0 Å². The average Bonchev–Trinajstić information content (AvgIpc) is 2.44. The molecule has 0 aromatic heterocycles. The van der Waals surface area contributed by atoms with Crippen LogP contribution >= 0.6 is 0 Å². The number of hydrogen-bond donors (Lipinski definition) is 2. The summed E-state index contributed by atoms with van der Waals surface area (Å²) >= 11 is 0. The summed E-state index contributed by atoms with van der Waals surface area (Å²) in [5.74, 6) is 0. The van der Waals surface area contributed by atoms with E-state index in [1.807, 2.05) is 6.92 Å². The van der Waals surface area contributed by atoms with Gasteiger partial charge in [-0.05, 0) is 6.92 Å². The van der Waals surface area contributed by atoms with Crippen LogP contribution in [0.5, 0.6) is 0 Å². The number of rotatable bonds is 4. The molecule has 2 atom stereocenters. The minimum atomic E-state index is -0.142. The molecular formula is C12H24N4O2. The van der Waals surface area contributed by atoms with Crippen LogP contribution in [0.25, 0.3) is 0 Å². The van der Waals surface area contributed by atoms with Gasteiger partial charge in [0.05, 0.1) is 12.6 Å². The van der Waals surface area contributed by atoms with Gasteiger partial charge in [-0.15, -0.1) is 0 Å². The van der Waals surface area contributed by atoms with Gasteiger partial charge in [0.25, 0.3) is 0 Å². The number of piperazine rings is 3. The Balaban J connectivity index is 1.76. The summed E-state index contributed by atoms with van der Waals surface area (Å²) in [6.07, 6.45) is 0. The number of aliphatic hydroxyl groups is 1. The van der Waals surface area contributed by atoms with Gasteiger partial charge in [-0.25, -0.2) is 4.79 Å². The standard InChI is InChI=1S/C12H24N4O2/c1-10(9-17)14(2)12(18)13-7-11-8-15-3-5-16(11)6-4-15/h10-11,17H,3-9H2,1-2H3,(H,13,18). The van der Waals surface area contributed by atoms with Gasteiger partial charge in [0, 0.05) is 52.4 Å². The van der Waals surface area contributed by atoms with Crippen LogP contribution in [0, 0.1) is 0 Å². The number of likely N-dealkylation sites (N-methyl/N-ethyl adjacent to an activating group) is 1. The highest BCUT2D eigenvalue weighted by Crippen LogP contribution is 2.14. The second kappa shape index (κ2) is 5.86. The maximum absolute atomic E-state index is 11.9. The van der Waals surface area contributed by atoms with Gasteiger partial charge in [0.1, 0.15) is 0 Å². The summed E-state index contributed by atoms with van der Waals surface area (Å²) in [4.78, 5) is 18.3. The predicted molar refractivity (Wildman–Crippen MR) is 69.5 cm³/mol. The first kappa shape index (κ1) is 13.6. The van der Waals surface area contributed by atoms with Crippen molar-refractivity contribution >= 4 is 6.03 Å². The molecule has 6 nitrogen and oxygen atoms in total. The Morgan fingerprint density at radius 1 is 1.44 bits per heavy atom. The topological polar surface area (TPSA) is 59.1 Å². The Morgan fingerprint density at radius 3 is 2.61 bits per heavy atom. The van der Waals surface area contributed by atoms with Crippen LogP contribution in [-0.4, -0.2) is 90.8 Å². The fourth-order valence-electron chi connectivity index (χ4n) is 2.57. The summed E-state index contributed by atoms with van der Waals surface area (Å²) in [5.41, 5.74) is 0. The fraction of sp³-hybridized carbons (Fsp3) is 0.917. The zero-order valence-corrected chi connectivity index (χ0v) is 11.3. The normalized spacial score (nSPS) is 32.1. The van der Waals surface area contributed by atoms with Crippen molar-refractivity contribution in [3.05, 3.63) is 0 Å². The number of aliphatic hydroxyl groups excluding tert-OH is 1. The highest BCUT2D eigenvalue weighted by Gasteiger charge is 2.32. The van der Waals surface area contributed by atoms with Gasteiger partial charge >= 0.3 is 6.03 Å². The number of hydrogen-bond acceptors (Lipinski definition) is 4. The number of fused-ring (bicyclic) bond motifs is 3. The monoisotopic (exact) mass is 256 g/mol. The predicted octanol–water partition coefficient (Wildman–Crippen LogP) is -0.992. The van der Waals surface area contributed by atoms with E-state index >= 15 is 0 Å². The molecule has 104 valence electrons. The van der Waals surface area contributed by atoms with Crippen molar-refractivity contribution in [2.24, 2.45) is 0 Å². The molecule has 2 amide bonds. The third-order valence-electron chi connectivity index (χ3n) is 4.13. The first-order chi connectivity index (χ1) is 8.61. The van der Waals surface area contributed by atoms with Crippen LogP contribution in [0.4, 0.5) is 4.79 Å². The molecule has 3 aliphatic heterocycles. The van der Waals surface area contributed by atoms with Crippen molar-refractivity contribution in [1.29, 1.82) is 0 Å². The maximum Gasteiger partial charge on any atom is 0.317 e. The lowest BCUT2D eigenvalue weighted by Crippen LogP contribution is -2.64. The van der Waals surface area contributed by atoms with E-state index < -0.39 is 0 Å². The summed E-state index contributed by atoms with van der Waals surface area (Å²) in [6.45, 7) is 8.12. The van der Waals surface area contributed by atoms with Crippen LogP contribution in [0.15, 0.2) is 0 Å². The molecule has 2 bridgehead atoms. The summed E-state index contributed by atoms with van der Waals surface area (Å²) in [6, 6.07) is 0.195. The smallest absolute Gasteiger partial charge is 0.317 e. The van der Waals surface area contributed by atoms with Crippen LogP contribution in [0.2, 0.25) is 0 Å². The Bertz CT molecular complexity index is 292. The lowest BCUT2D eigenvalue weighted by molar-refractivity contribution is 0.0142. The molecule has 6 heteroatoms. The van der Waals surface area contributed by atoms with Gasteiger partial charge in [0.2, 0.25) is 0 Å². The second-order valence-electron chi connectivity index (χ2n) is 5.32. The molecule has 3 aliphatic rings. The van der Waals surface area contributed by atoms with Gasteiger partial charge in [-0.3, -0.25) is 9.80 Å². The lowest BCUT2D eigenvalue weighted by atomic mass is 10.1. The molecule has 3 heterocycles. The molecule has 0 spiro atoms. The fourth-order valence-corrected chi connectivity index (χ4v) is 2.57. The molecule has 2 N–H and O–H groups in total. The molecule has 0 radical (unpaired) electrons. The quantitative estimate of drug-likeness (QED) is 0.678. The van der Waals surface area contributed by atoms with Crippen LogP contribution in [0.3, 0.4) is 0 Å². The molecular weight excluding hydrogens is 232 g/mol. The van der Waals surface area contributed by atoms with Crippen molar-refractivity contribution in [3.63, 3.8) is 0 Å². The molecule has 0 aliphatic carbocycles. The van der Waals surface area contributed by atoms with E-state index in [9.17, 15) is 4.79 Å². The molecule has 0 saturated carbocycles.